The Hall–Kier alpha value is -2.75. The highest BCUT2D eigenvalue weighted by Crippen LogP contribution is 2.43. The number of halogens is 2. The van der Waals surface area contributed by atoms with E-state index in [0.717, 1.165) is 16.7 Å². The third kappa shape index (κ3) is 3.32. The van der Waals surface area contributed by atoms with E-state index in [4.69, 9.17) is 0 Å². The van der Waals surface area contributed by atoms with Crippen LogP contribution in [0.2, 0.25) is 0 Å². The zero-order valence-corrected chi connectivity index (χ0v) is 14.9. The van der Waals surface area contributed by atoms with Gasteiger partial charge in [-0.2, -0.15) is 0 Å². The molecule has 2 aromatic rings. The van der Waals surface area contributed by atoms with Crippen LogP contribution in [0.25, 0.3) is 17.2 Å². The summed E-state index contributed by atoms with van der Waals surface area (Å²) in [6, 6.07) is 9.45. The Labute approximate surface area is 151 Å². The van der Waals surface area contributed by atoms with Crippen molar-refractivity contribution >= 4 is 23.2 Å². The predicted octanol–water partition coefficient (Wildman–Crippen LogP) is 5.89. The number of fused-ring (bicyclic) bond motifs is 1. The molecular formula is C22H20F2O2. The van der Waals surface area contributed by atoms with E-state index in [1.165, 1.54) is 18.2 Å². The van der Waals surface area contributed by atoms with Crippen LogP contribution in [0.15, 0.2) is 42.0 Å². The van der Waals surface area contributed by atoms with E-state index in [-0.39, 0.29) is 18.2 Å². The third-order valence-electron chi connectivity index (χ3n) is 4.74. The largest absolute Gasteiger partial charge is 0.481 e. The molecule has 0 spiro atoms. The second-order valence-corrected chi connectivity index (χ2v) is 6.86. The molecule has 2 nitrogen and oxygen atoms in total. The molecule has 1 aliphatic carbocycles. The number of hydrogen-bond acceptors (Lipinski definition) is 1. The number of carboxylic acid groups (broad SMARTS) is 1. The van der Waals surface area contributed by atoms with Crippen LogP contribution >= 0.6 is 0 Å². The average molecular weight is 354 g/mol. The number of carbonyl (C=O) groups is 1. The van der Waals surface area contributed by atoms with Gasteiger partial charge < -0.3 is 5.11 Å². The van der Waals surface area contributed by atoms with Gasteiger partial charge in [-0.05, 0) is 76.1 Å². The summed E-state index contributed by atoms with van der Waals surface area (Å²) in [5.74, 6) is -1.55. The molecule has 0 heterocycles. The summed E-state index contributed by atoms with van der Waals surface area (Å²) in [4.78, 5) is 11.2. The van der Waals surface area contributed by atoms with E-state index in [0.29, 0.717) is 22.3 Å². The number of hydrogen-bond donors (Lipinski definition) is 1. The molecule has 0 unspecified atom stereocenters. The van der Waals surface area contributed by atoms with E-state index < -0.39 is 11.8 Å². The Morgan fingerprint density at radius 2 is 1.85 bits per heavy atom. The highest BCUT2D eigenvalue weighted by molar-refractivity contribution is 6.07. The van der Waals surface area contributed by atoms with Gasteiger partial charge in [0.05, 0.1) is 6.42 Å². The van der Waals surface area contributed by atoms with Crippen LogP contribution in [0.4, 0.5) is 8.78 Å². The minimum absolute atomic E-state index is 0.0932. The Kier molecular flexibility index (Phi) is 4.77. The Morgan fingerprint density at radius 3 is 2.46 bits per heavy atom. The minimum atomic E-state index is -0.969. The molecule has 0 radical (unpaired) electrons. The molecular weight excluding hydrogens is 334 g/mol. The average Bonchev–Trinajstić information content (AvgIpc) is 2.79. The van der Waals surface area contributed by atoms with Crippen LogP contribution < -0.4 is 0 Å². The van der Waals surface area contributed by atoms with Crippen LogP contribution in [0.3, 0.4) is 0 Å². The molecule has 134 valence electrons. The van der Waals surface area contributed by atoms with E-state index in [1.807, 2.05) is 32.9 Å². The van der Waals surface area contributed by atoms with Crippen LogP contribution in [0.1, 0.15) is 55.4 Å². The van der Waals surface area contributed by atoms with Crippen molar-refractivity contribution in [2.75, 3.05) is 0 Å². The van der Waals surface area contributed by atoms with Gasteiger partial charge in [-0.25, -0.2) is 8.78 Å². The van der Waals surface area contributed by atoms with Crippen LogP contribution in [-0.4, -0.2) is 11.1 Å². The predicted molar refractivity (Wildman–Crippen MR) is 99.6 cm³/mol. The molecule has 0 amide bonds. The first-order valence-electron chi connectivity index (χ1n) is 8.51. The van der Waals surface area contributed by atoms with Crippen molar-refractivity contribution in [3.05, 3.63) is 75.9 Å². The minimum Gasteiger partial charge on any atom is -0.481 e. The van der Waals surface area contributed by atoms with E-state index in [2.05, 4.69) is 0 Å². The molecule has 1 aliphatic rings. The molecule has 0 saturated heterocycles. The monoisotopic (exact) mass is 354 g/mol. The lowest BCUT2D eigenvalue weighted by molar-refractivity contribution is -0.135. The molecule has 0 aliphatic heterocycles. The maximum atomic E-state index is 14.3. The number of rotatable bonds is 4. The van der Waals surface area contributed by atoms with Gasteiger partial charge in [-0.1, -0.05) is 32.0 Å². The van der Waals surface area contributed by atoms with Crippen molar-refractivity contribution in [2.24, 2.45) is 0 Å². The summed E-state index contributed by atoms with van der Waals surface area (Å²) in [6.07, 6.45) is 1.65. The maximum Gasteiger partial charge on any atom is 0.307 e. The number of aliphatic carboxylic acids is 1. The molecule has 2 aromatic carbocycles. The highest BCUT2D eigenvalue weighted by Gasteiger charge is 2.25. The second-order valence-electron chi connectivity index (χ2n) is 6.86. The van der Waals surface area contributed by atoms with Crippen LogP contribution in [0, 0.1) is 11.6 Å². The van der Waals surface area contributed by atoms with Crippen molar-refractivity contribution in [3.8, 4) is 0 Å². The number of carboxylic acids is 1. The quantitative estimate of drug-likeness (QED) is 0.743. The lowest BCUT2D eigenvalue weighted by Crippen LogP contribution is -1.97. The van der Waals surface area contributed by atoms with E-state index in [1.54, 1.807) is 12.1 Å². The topological polar surface area (TPSA) is 37.3 Å². The summed E-state index contributed by atoms with van der Waals surface area (Å²) in [5.41, 5.74) is 4.88. The molecule has 0 saturated carbocycles. The SMILES string of the molecule is CC1=C(CC(=O)O)c2cc(F)ccc2/C1=C\c1ccc(C(C)C)c(F)c1. The molecule has 0 aromatic heterocycles. The molecule has 0 atom stereocenters. The summed E-state index contributed by atoms with van der Waals surface area (Å²) in [5, 5.41) is 9.18. The first-order valence-corrected chi connectivity index (χ1v) is 8.51. The van der Waals surface area contributed by atoms with Crippen LogP contribution in [-0.2, 0) is 4.79 Å². The van der Waals surface area contributed by atoms with Crippen molar-refractivity contribution in [3.63, 3.8) is 0 Å². The molecule has 1 N–H and O–H groups in total. The molecule has 3 rings (SSSR count). The first-order chi connectivity index (χ1) is 12.3. The zero-order chi connectivity index (χ0) is 19.0. The van der Waals surface area contributed by atoms with Crippen LogP contribution in [0.5, 0.6) is 0 Å². The van der Waals surface area contributed by atoms with Gasteiger partial charge in [0.15, 0.2) is 0 Å². The summed E-state index contributed by atoms with van der Waals surface area (Å²) in [6.45, 7) is 5.69. The second kappa shape index (κ2) is 6.87. The molecule has 26 heavy (non-hydrogen) atoms. The molecule has 0 fully saturated rings. The summed E-state index contributed by atoms with van der Waals surface area (Å²) < 4.78 is 28.0. The third-order valence-corrected chi connectivity index (χ3v) is 4.74. The van der Waals surface area contributed by atoms with Gasteiger partial charge in [0.25, 0.3) is 0 Å². The van der Waals surface area contributed by atoms with Crippen molar-refractivity contribution < 1.29 is 18.7 Å². The Morgan fingerprint density at radius 1 is 1.12 bits per heavy atom. The fourth-order valence-corrected chi connectivity index (χ4v) is 3.40. The van der Waals surface area contributed by atoms with E-state index >= 15 is 0 Å². The standard InChI is InChI=1S/C22H20F2O2/c1-12(2)16-6-4-14(9-21(16)24)8-18-13(3)19(11-22(25)26)20-10-15(23)5-7-17(18)20/h4-10,12H,11H2,1-3H3,(H,25,26)/b18-8-. The Balaban J connectivity index is 2.12. The fraction of sp³-hybridized carbons (Fsp3) is 0.227. The maximum absolute atomic E-state index is 14.3. The van der Waals surface area contributed by atoms with Crippen molar-refractivity contribution in [2.45, 2.75) is 33.1 Å². The van der Waals surface area contributed by atoms with Gasteiger partial charge in [0.1, 0.15) is 11.6 Å². The summed E-state index contributed by atoms with van der Waals surface area (Å²) >= 11 is 0. The lowest BCUT2D eigenvalue weighted by atomic mass is 9.97. The van der Waals surface area contributed by atoms with Crippen molar-refractivity contribution in [1.29, 1.82) is 0 Å². The molecule has 0 bridgehead atoms. The van der Waals surface area contributed by atoms with Gasteiger partial charge in [-0.3, -0.25) is 4.79 Å². The van der Waals surface area contributed by atoms with Gasteiger partial charge in [-0.15, -0.1) is 0 Å². The molecule has 4 heteroatoms. The number of benzene rings is 2. The van der Waals surface area contributed by atoms with Gasteiger partial charge >= 0.3 is 5.97 Å². The van der Waals surface area contributed by atoms with Gasteiger partial charge in [0.2, 0.25) is 0 Å². The lowest BCUT2D eigenvalue weighted by Gasteiger charge is -2.09. The summed E-state index contributed by atoms with van der Waals surface area (Å²) in [7, 11) is 0. The highest BCUT2D eigenvalue weighted by atomic mass is 19.1. The fourth-order valence-electron chi connectivity index (χ4n) is 3.40. The van der Waals surface area contributed by atoms with Crippen molar-refractivity contribution in [1.82, 2.24) is 0 Å². The Bertz CT molecular complexity index is 953. The zero-order valence-electron chi connectivity index (χ0n) is 14.9. The number of allylic oxidation sites excluding steroid dienone is 2. The van der Waals surface area contributed by atoms with Gasteiger partial charge in [0, 0.05) is 0 Å². The van der Waals surface area contributed by atoms with E-state index in [9.17, 15) is 18.7 Å². The first kappa shape index (κ1) is 18.1. The smallest absolute Gasteiger partial charge is 0.307 e. The normalized spacial score (nSPS) is 15.1.